The third kappa shape index (κ3) is 3.23. The minimum absolute atomic E-state index is 0.0178. The number of carbonyl (C=O) groups excluding carboxylic acids is 1. The van der Waals surface area contributed by atoms with E-state index in [0.717, 1.165) is 25.7 Å². The van der Waals surface area contributed by atoms with Crippen molar-refractivity contribution in [3.05, 3.63) is 0 Å². The third-order valence-electron chi connectivity index (χ3n) is 5.68. The molecule has 138 valence electrons. The number of hydrogen-bond donors (Lipinski definition) is 1. The van der Waals surface area contributed by atoms with Crippen molar-refractivity contribution in [3.63, 3.8) is 0 Å². The van der Waals surface area contributed by atoms with Crippen molar-refractivity contribution in [1.29, 1.82) is 0 Å². The van der Waals surface area contributed by atoms with E-state index in [2.05, 4.69) is 38.1 Å². The molecule has 1 N–H and O–H groups in total. The summed E-state index contributed by atoms with van der Waals surface area (Å²) in [6.45, 7) is 12.5. The molecule has 5 nitrogen and oxygen atoms in total. The average molecular weight is 338 g/mol. The van der Waals surface area contributed by atoms with Crippen molar-refractivity contribution in [2.24, 2.45) is 0 Å². The van der Waals surface area contributed by atoms with Crippen LogP contribution in [0.25, 0.3) is 0 Å². The molecule has 1 saturated carbocycles. The Kier molecular flexibility index (Phi) is 4.30. The Balaban J connectivity index is 1.81. The maximum absolute atomic E-state index is 12.3. The second-order valence-corrected chi connectivity index (χ2v) is 9.70. The van der Waals surface area contributed by atoms with Gasteiger partial charge in [0.2, 0.25) is 0 Å². The third-order valence-corrected chi connectivity index (χ3v) is 5.68. The van der Waals surface area contributed by atoms with Crippen molar-refractivity contribution in [2.75, 3.05) is 0 Å². The number of piperidine rings is 1. The van der Waals surface area contributed by atoms with Crippen molar-refractivity contribution in [1.82, 2.24) is 10.4 Å². The summed E-state index contributed by atoms with van der Waals surface area (Å²) in [7, 11) is 0. The van der Waals surface area contributed by atoms with Gasteiger partial charge in [-0.05, 0) is 54.4 Å². The molecule has 1 aliphatic carbocycles. The Morgan fingerprint density at radius 3 is 2.00 bits per heavy atom. The second-order valence-electron chi connectivity index (χ2n) is 9.70. The van der Waals surface area contributed by atoms with Crippen molar-refractivity contribution in [3.8, 4) is 0 Å². The second kappa shape index (κ2) is 5.68. The molecule has 3 aliphatic rings. The van der Waals surface area contributed by atoms with Crippen LogP contribution < -0.4 is 5.32 Å². The van der Waals surface area contributed by atoms with E-state index < -0.39 is 11.3 Å². The van der Waals surface area contributed by atoms with E-state index in [0.29, 0.717) is 6.10 Å². The molecule has 5 heteroatoms. The molecule has 3 rings (SSSR count). The smallest absolute Gasteiger partial charge is 0.253 e. The largest absolute Gasteiger partial charge is 0.340 e. The summed E-state index contributed by atoms with van der Waals surface area (Å²) in [6, 6.07) is 0. The normalized spacial score (nSPS) is 32.0. The quantitative estimate of drug-likeness (QED) is 0.837. The summed E-state index contributed by atoms with van der Waals surface area (Å²) in [5, 5.41) is 5.35. The fourth-order valence-corrected chi connectivity index (χ4v) is 5.11. The Morgan fingerprint density at radius 2 is 1.54 bits per heavy atom. The van der Waals surface area contributed by atoms with Crippen LogP contribution in [0, 0.1) is 0 Å². The number of rotatable bonds is 2. The van der Waals surface area contributed by atoms with Crippen molar-refractivity contribution >= 4 is 5.91 Å². The van der Waals surface area contributed by atoms with Crippen molar-refractivity contribution < 1.29 is 14.4 Å². The number of carbonyl (C=O) groups is 1. The Bertz CT molecular complexity index is 489. The number of ether oxygens (including phenoxy) is 1. The molecule has 2 saturated heterocycles. The zero-order chi connectivity index (χ0) is 17.8. The summed E-state index contributed by atoms with van der Waals surface area (Å²) >= 11 is 0. The monoisotopic (exact) mass is 338 g/mol. The van der Waals surface area contributed by atoms with Gasteiger partial charge < -0.3 is 10.1 Å². The van der Waals surface area contributed by atoms with Crippen LogP contribution in [0.3, 0.4) is 0 Å². The molecule has 1 amide bonds. The van der Waals surface area contributed by atoms with E-state index in [9.17, 15) is 4.79 Å². The standard InChI is InChI=1S/C19H34N2O3/c1-16(2)12-19(20-15(22)18(5,6)24-19)13-17(3,4)21(16)23-14-10-8-7-9-11-14/h14H,7-13H2,1-6H3,(H,20,22). The maximum Gasteiger partial charge on any atom is 0.253 e. The van der Waals surface area contributed by atoms with Crippen LogP contribution in [0.4, 0.5) is 0 Å². The summed E-state index contributed by atoms with van der Waals surface area (Å²) in [5.74, 6) is -0.0178. The van der Waals surface area contributed by atoms with E-state index >= 15 is 0 Å². The number of nitrogens with one attached hydrogen (secondary N) is 1. The van der Waals surface area contributed by atoms with Gasteiger partial charge in [0, 0.05) is 23.9 Å². The first-order valence-corrected chi connectivity index (χ1v) is 9.46. The van der Waals surface area contributed by atoms with Crippen LogP contribution in [0.2, 0.25) is 0 Å². The molecule has 0 aromatic carbocycles. The lowest BCUT2D eigenvalue weighted by molar-refractivity contribution is -0.334. The Morgan fingerprint density at radius 1 is 1.00 bits per heavy atom. The van der Waals surface area contributed by atoms with Crippen LogP contribution >= 0.6 is 0 Å². The van der Waals surface area contributed by atoms with E-state index in [1.807, 2.05) is 13.8 Å². The molecule has 0 aromatic rings. The SMILES string of the molecule is CC1(C)OC2(CC(C)(C)N(OC3CCCCC3)C(C)(C)C2)NC1=O. The van der Waals surface area contributed by atoms with Gasteiger partial charge in [-0.3, -0.25) is 9.63 Å². The maximum atomic E-state index is 12.3. The summed E-state index contributed by atoms with van der Waals surface area (Å²) < 4.78 is 6.26. The Labute approximate surface area is 146 Å². The molecule has 0 bridgehead atoms. The molecular formula is C19H34N2O3. The highest BCUT2D eigenvalue weighted by Crippen LogP contribution is 2.48. The summed E-state index contributed by atoms with van der Waals surface area (Å²) in [4.78, 5) is 18.8. The molecule has 3 fully saturated rings. The van der Waals surface area contributed by atoms with E-state index in [-0.39, 0.29) is 17.0 Å². The van der Waals surface area contributed by atoms with Crippen LogP contribution in [0.1, 0.15) is 86.5 Å². The van der Waals surface area contributed by atoms with Gasteiger partial charge in [-0.15, -0.1) is 0 Å². The first kappa shape index (κ1) is 18.2. The lowest BCUT2D eigenvalue weighted by atomic mass is 9.76. The minimum Gasteiger partial charge on any atom is -0.340 e. The van der Waals surface area contributed by atoms with Crippen LogP contribution in [-0.2, 0) is 14.4 Å². The number of amides is 1. The lowest BCUT2D eigenvalue weighted by Crippen LogP contribution is -2.68. The molecule has 2 aliphatic heterocycles. The highest BCUT2D eigenvalue weighted by molar-refractivity contribution is 5.86. The van der Waals surface area contributed by atoms with Gasteiger partial charge in [-0.25, -0.2) is 0 Å². The molecule has 24 heavy (non-hydrogen) atoms. The van der Waals surface area contributed by atoms with Gasteiger partial charge in [0.25, 0.3) is 5.91 Å². The van der Waals surface area contributed by atoms with Gasteiger partial charge in [0.15, 0.2) is 0 Å². The van der Waals surface area contributed by atoms with E-state index in [1.165, 1.54) is 19.3 Å². The Hall–Kier alpha value is -0.650. The first-order chi connectivity index (χ1) is 11.0. The van der Waals surface area contributed by atoms with E-state index in [1.54, 1.807) is 0 Å². The van der Waals surface area contributed by atoms with E-state index in [4.69, 9.17) is 9.57 Å². The molecule has 0 atom stereocenters. The summed E-state index contributed by atoms with van der Waals surface area (Å²) in [5.41, 5.74) is -1.79. The average Bonchev–Trinajstić information content (AvgIpc) is 2.63. The lowest BCUT2D eigenvalue weighted by Gasteiger charge is -2.57. The predicted molar refractivity (Wildman–Crippen MR) is 93.2 cm³/mol. The van der Waals surface area contributed by atoms with Gasteiger partial charge in [-0.1, -0.05) is 19.3 Å². The number of nitrogens with zero attached hydrogens (tertiary/aromatic N) is 1. The predicted octanol–water partition coefficient (Wildman–Crippen LogP) is 3.53. The highest BCUT2D eigenvalue weighted by Gasteiger charge is 2.60. The number of hydroxylamine groups is 2. The van der Waals surface area contributed by atoms with Gasteiger partial charge in [0.1, 0.15) is 11.3 Å². The summed E-state index contributed by atoms with van der Waals surface area (Å²) in [6.07, 6.45) is 7.92. The van der Waals surface area contributed by atoms with Gasteiger partial charge in [-0.2, -0.15) is 5.06 Å². The molecule has 1 spiro atoms. The minimum atomic E-state index is -0.765. The molecule has 2 heterocycles. The zero-order valence-corrected chi connectivity index (χ0v) is 16.2. The van der Waals surface area contributed by atoms with Gasteiger partial charge >= 0.3 is 0 Å². The fraction of sp³-hybridized carbons (Fsp3) is 0.947. The highest BCUT2D eigenvalue weighted by atomic mass is 16.7. The molecule has 0 unspecified atom stereocenters. The van der Waals surface area contributed by atoms with Crippen LogP contribution in [0.5, 0.6) is 0 Å². The van der Waals surface area contributed by atoms with Crippen LogP contribution in [0.15, 0.2) is 0 Å². The topological polar surface area (TPSA) is 50.8 Å². The fourth-order valence-electron chi connectivity index (χ4n) is 5.11. The molecular weight excluding hydrogens is 304 g/mol. The van der Waals surface area contributed by atoms with Crippen molar-refractivity contribution in [2.45, 2.75) is 115 Å². The number of hydrogen-bond acceptors (Lipinski definition) is 4. The van der Waals surface area contributed by atoms with Crippen LogP contribution in [-0.4, -0.2) is 39.5 Å². The zero-order valence-electron chi connectivity index (χ0n) is 16.2. The molecule has 0 aromatic heterocycles. The first-order valence-electron chi connectivity index (χ1n) is 9.46. The molecule has 0 radical (unpaired) electrons. The van der Waals surface area contributed by atoms with Gasteiger partial charge in [0.05, 0.1) is 6.10 Å².